The number of aliphatic hydroxyl groups excluding tert-OH is 1. The Labute approximate surface area is 120 Å². The number of pyridine rings is 1. The highest BCUT2D eigenvalue weighted by Crippen LogP contribution is 2.32. The van der Waals surface area contributed by atoms with E-state index in [0.29, 0.717) is 27.8 Å². The fraction of sp³-hybridized carbons (Fsp3) is 0.133. The minimum absolute atomic E-state index is 0.374. The van der Waals surface area contributed by atoms with Crippen LogP contribution in [0.1, 0.15) is 17.4 Å². The smallest absolute Gasteiger partial charge is 0.219 e. The Morgan fingerprint density at radius 2 is 2.15 bits per heavy atom. The van der Waals surface area contributed by atoms with Crippen LogP contribution in [-0.4, -0.2) is 17.2 Å². The summed E-state index contributed by atoms with van der Waals surface area (Å²) in [6, 6.07) is 10.6. The number of aromatic nitrogens is 1. The van der Waals surface area contributed by atoms with Crippen LogP contribution in [0.2, 0.25) is 5.02 Å². The summed E-state index contributed by atoms with van der Waals surface area (Å²) < 4.78 is 10.8. The highest BCUT2D eigenvalue weighted by atomic mass is 35.5. The zero-order chi connectivity index (χ0) is 14.1. The van der Waals surface area contributed by atoms with Crippen molar-refractivity contribution in [2.24, 2.45) is 0 Å². The van der Waals surface area contributed by atoms with Crippen LogP contribution in [-0.2, 0) is 0 Å². The number of nitrogens with zero attached hydrogens (tertiary/aromatic N) is 1. The molecule has 0 radical (unpaired) electrons. The Morgan fingerprint density at radius 3 is 2.95 bits per heavy atom. The van der Waals surface area contributed by atoms with Crippen molar-refractivity contribution < 1.29 is 14.3 Å². The molecule has 0 amide bonds. The molecule has 0 saturated carbocycles. The van der Waals surface area contributed by atoms with Gasteiger partial charge in [-0.2, -0.15) is 0 Å². The maximum absolute atomic E-state index is 10.4. The van der Waals surface area contributed by atoms with Gasteiger partial charge in [-0.3, -0.25) is 0 Å². The lowest BCUT2D eigenvalue weighted by Crippen LogP contribution is -2.02. The van der Waals surface area contributed by atoms with E-state index in [1.54, 1.807) is 42.6 Å². The van der Waals surface area contributed by atoms with E-state index in [2.05, 4.69) is 4.98 Å². The van der Waals surface area contributed by atoms with Gasteiger partial charge in [-0.05, 0) is 36.4 Å². The van der Waals surface area contributed by atoms with E-state index in [-0.39, 0.29) is 0 Å². The molecule has 1 aromatic carbocycles. The number of furan rings is 1. The zero-order valence-electron chi connectivity index (χ0n) is 10.7. The summed E-state index contributed by atoms with van der Waals surface area (Å²) in [5, 5.41) is 11.9. The molecule has 0 bridgehead atoms. The van der Waals surface area contributed by atoms with E-state index in [4.69, 9.17) is 20.8 Å². The Hall–Kier alpha value is -2.04. The average molecular weight is 290 g/mol. The molecule has 0 fully saturated rings. The summed E-state index contributed by atoms with van der Waals surface area (Å²) >= 11 is 5.94. The molecule has 102 valence electrons. The molecule has 5 heteroatoms. The number of rotatable bonds is 3. The quantitative estimate of drug-likeness (QED) is 0.801. The molecule has 2 heterocycles. The van der Waals surface area contributed by atoms with Crippen molar-refractivity contribution in [2.45, 2.75) is 6.10 Å². The van der Waals surface area contributed by atoms with Crippen LogP contribution in [0, 0.1) is 0 Å². The number of hydrogen-bond acceptors (Lipinski definition) is 4. The van der Waals surface area contributed by atoms with Crippen LogP contribution in [0.15, 0.2) is 47.0 Å². The Bertz CT molecular complexity index is 754. The van der Waals surface area contributed by atoms with Crippen LogP contribution in [0.5, 0.6) is 5.88 Å². The zero-order valence-corrected chi connectivity index (χ0v) is 11.5. The topological polar surface area (TPSA) is 55.5 Å². The summed E-state index contributed by atoms with van der Waals surface area (Å²) in [6.07, 6.45) is 0.665. The van der Waals surface area contributed by atoms with Crippen molar-refractivity contribution in [1.29, 1.82) is 0 Å². The van der Waals surface area contributed by atoms with E-state index in [9.17, 15) is 5.11 Å². The monoisotopic (exact) mass is 289 g/mol. The second-order valence-electron chi connectivity index (χ2n) is 4.34. The number of methoxy groups -OCH3 is 1. The van der Waals surface area contributed by atoms with Gasteiger partial charge in [0.1, 0.15) is 17.4 Å². The number of fused-ring (bicyclic) bond motifs is 1. The number of hydrogen-bond donors (Lipinski definition) is 1. The Morgan fingerprint density at radius 1 is 1.30 bits per heavy atom. The van der Waals surface area contributed by atoms with Gasteiger partial charge in [-0.1, -0.05) is 11.6 Å². The molecular formula is C15H12ClNO3. The van der Waals surface area contributed by atoms with Crippen molar-refractivity contribution in [3.63, 3.8) is 0 Å². The summed E-state index contributed by atoms with van der Waals surface area (Å²) in [6.45, 7) is 0. The Kier molecular flexibility index (Phi) is 3.34. The number of aliphatic hydroxyl groups is 1. The normalized spacial score (nSPS) is 12.6. The van der Waals surface area contributed by atoms with Gasteiger partial charge in [0, 0.05) is 16.6 Å². The van der Waals surface area contributed by atoms with Crippen molar-refractivity contribution >= 4 is 22.6 Å². The molecule has 0 aliphatic carbocycles. The first-order chi connectivity index (χ1) is 9.69. The molecule has 3 aromatic rings. The minimum Gasteiger partial charge on any atom is -0.481 e. The first-order valence-corrected chi connectivity index (χ1v) is 6.43. The Balaban J connectivity index is 2.05. The third-order valence-electron chi connectivity index (χ3n) is 3.06. The average Bonchev–Trinajstić information content (AvgIpc) is 2.89. The summed E-state index contributed by atoms with van der Waals surface area (Å²) in [5.74, 6) is 0.798. The molecule has 0 aliphatic heterocycles. The van der Waals surface area contributed by atoms with Crippen LogP contribution < -0.4 is 4.74 Å². The summed E-state index contributed by atoms with van der Waals surface area (Å²) in [7, 11) is 1.51. The first kappa shape index (κ1) is 13.0. The van der Waals surface area contributed by atoms with Gasteiger partial charge in [0.2, 0.25) is 5.88 Å². The summed E-state index contributed by atoms with van der Waals surface area (Å²) in [5.41, 5.74) is 1.23. The van der Waals surface area contributed by atoms with Crippen LogP contribution >= 0.6 is 11.6 Å². The molecule has 1 atom stereocenters. The molecule has 4 nitrogen and oxygen atoms in total. The highest BCUT2D eigenvalue weighted by molar-refractivity contribution is 6.31. The molecule has 20 heavy (non-hydrogen) atoms. The van der Waals surface area contributed by atoms with Gasteiger partial charge >= 0.3 is 0 Å². The van der Waals surface area contributed by atoms with E-state index >= 15 is 0 Å². The lowest BCUT2D eigenvalue weighted by atomic mass is 10.1. The fourth-order valence-electron chi connectivity index (χ4n) is 2.10. The van der Waals surface area contributed by atoms with Crippen molar-refractivity contribution in [3.8, 4) is 5.88 Å². The van der Waals surface area contributed by atoms with Gasteiger partial charge in [-0.25, -0.2) is 4.98 Å². The van der Waals surface area contributed by atoms with Gasteiger partial charge in [-0.15, -0.1) is 0 Å². The van der Waals surface area contributed by atoms with Crippen LogP contribution in [0.4, 0.5) is 0 Å². The molecule has 0 aliphatic rings. The third kappa shape index (κ3) is 2.24. The third-order valence-corrected chi connectivity index (χ3v) is 3.29. The minimum atomic E-state index is -0.940. The van der Waals surface area contributed by atoms with E-state index in [1.807, 2.05) is 0 Å². The van der Waals surface area contributed by atoms with Crippen molar-refractivity contribution in [3.05, 3.63) is 58.9 Å². The molecule has 2 aromatic heterocycles. The van der Waals surface area contributed by atoms with E-state index < -0.39 is 6.10 Å². The SMILES string of the molecule is COc1ncccc1C(O)c1cc2cc(Cl)ccc2o1. The van der Waals surface area contributed by atoms with E-state index in [1.165, 1.54) is 7.11 Å². The fourth-order valence-corrected chi connectivity index (χ4v) is 2.29. The molecule has 0 saturated heterocycles. The molecular weight excluding hydrogens is 278 g/mol. The lowest BCUT2D eigenvalue weighted by molar-refractivity contribution is 0.186. The largest absolute Gasteiger partial charge is 0.481 e. The predicted molar refractivity (Wildman–Crippen MR) is 76.1 cm³/mol. The maximum Gasteiger partial charge on any atom is 0.219 e. The van der Waals surface area contributed by atoms with Crippen LogP contribution in [0.3, 0.4) is 0 Å². The van der Waals surface area contributed by atoms with Gasteiger partial charge in [0.15, 0.2) is 0 Å². The highest BCUT2D eigenvalue weighted by Gasteiger charge is 2.20. The van der Waals surface area contributed by atoms with Crippen molar-refractivity contribution in [1.82, 2.24) is 4.98 Å². The van der Waals surface area contributed by atoms with Crippen LogP contribution in [0.25, 0.3) is 11.0 Å². The van der Waals surface area contributed by atoms with Gasteiger partial charge < -0.3 is 14.3 Å². The molecule has 1 N–H and O–H groups in total. The summed E-state index contributed by atoms with van der Waals surface area (Å²) in [4.78, 5) is 4.07. The molecule has 3 rings (SSSR count). The number of benzene rings is 1. The first-order valence-electron chi connectivity index (χ1n) is 6.05. The lowest BCUT2D eigenvalue weighted by Gasteiger charge is -2.11. The van der Waals surface area contributed by atoms with Gasteiger partial charge in [0.25, 0.3) is 0 Å². The predicted octanol–water partition coefficient (Wildman–Crippen LogP) is 3.57. The maximum atomic E-state index is 10.4. The second-order valence-corrected chi connectivity index (χ2v) is 4.77. The van der Waals surface area contributed by atoms with E-state index in [0.717, 1.165) is 5.39 Å². The molecule has 0 spiro atoms. The number of ether oxygens (including phenoxy) is 1. The second kappa shape index (κ2) is 5.15. The molecule has 1 unspecified atom stereocenters. The van der Waals surface area contributed by atoms with Gasteiger partial charge in [0.05, 0.1) is 12.7 Å². The number of halogens is 1. The van der Waals surface area contributed by atoms with Crippen molar-refractivity contribution in [2.75, 3.05) is 7.11 Å². The standard InChI is InChI=1S/C15H12ClNO3/c1-19-15-11(3-2-6-17-15)14(18)13-8-9-7-10(16)4-5-12(9)20-13/h2-8,14,18H,1H3.